The molecule has 0 radical (unpaired) electrons. The van der Waals surface area contributed by atoms with Gasteiger partial charge in [0.25, 0.3) is 0 Å². The third kappa shape index (κ3) is 12.2. The van der Waals surface area contributed by atoms with Gasteiger partial charge in [-0.15, -0.1) is 11.3 Å². The second kappa shape index (κ2) is 27.3. The zero-order valence-corrected chi connectivity index (χ0v) is 55.6. The van der Waals surface area contributed by atoms with Gasteiger partial charge < -0.3 is 14.2 Å². The van der Waals surface area contributed by atoms with E-state index in [1.165, 1.54) is 98.1 Å². The standard InChI is InChI=1S/C48H33NO.C48H33NS/c1-4-13-34(14-5-1)37-23-25-39(26-24-37)45-32-43(33-46-44-21-10-11-22-47(44)50-48(45)46)49(41-29-27-38(28-30-41)35-15-6-2-7-16-35)42-20-12-19-40(31-42)36-17-8-3-9-18-36;1-4-14-34(15-5-1)36-24-26-39(27-25-36)44-32-41(33-45-43-21-11-13-23-47(43)50-48(44)45)49(40-30-28-37(29-31-40)35-16-6-2-7-17-35)46-22-12-10-20-42(46)38-18-8-3-9-19-38/h2*1-33H. The van der Waals surface area contributed by atoms with Gasteiger partial charge in [0.2, 0.25) is 0 Å². The Morgan fingerprint density at radius 3 is 1.12 bits per heavy atom. The van der Waals surface area contributed by atoms with Crippen LogP contribution in [0.25, 0.3) is 131 Å². The second-order valence-corrected chi connectivity index (χ2v) is 26.2. The lowest BCUT2D eigenvalue weighted by Gasteiger charge is -2.29. The normalized spacial score (nSPS) is 11.2. The Hall–Kier alpha value is -12.9. The minimum Gasteiger partial charge on any atom is -0.455 e. The van der Waals surface area contributed by atoms with Crippen LogP contribution in [0.4, 0.5) is 34.1 Å². The van der Waals surface area contributed by atoms with Crippen LogP contribution < -0.4 is 9.80 Å². The molecule has 3 nitrogen and oxygen atoms in total. The van der Waals surface area contributed by atoms with Crippen molar-refractivity contribution in [3.8, 4) is 89.0 Å². The molecule has 0 bridgehead atoms. The highest BCUT2D eigenvalue weighted by Gasteiger charge is 2.24. The van der Waals surface area contributed by atoms with E-state index in [1.807, 2.05) is 17.4 Å². The molecule has 0 fully saturated rings. The van der Waals surface area contributed by atoms with Gasteiger partial charge in [-0.05, 0) is 151 Å². The summed E-state index contributed by atoms with van der Waals surface area (Å²) in [7, 11) is 0. The molecule has 0 N–H and O–H groups in total. The monoisotopic (exact) mass is 1290 g/mol. The summed E-state index contributed by atoms with van der Waals surface area (Å²) in [4.78, 5) is 4.80. The van der Waals surface area contributed by atoms with Crippen LogP contribution in [0.1, 0.15) is 0 Å². The summed E-state index contributed by atoms with van der Waals surface area (Å²) in [5, 5.41) is 4.75. The molecule has 0 atom stereocenters. The molecule has 0 amide bonds. The van der Waals surface area contributed by atoms with E-state index in [1.54, 1.807) is 0 Å². The van der Waals surface area contributed by atoms with Gasteiger partial charge in [0.15, 0.2) is 0 Å². The summed E-state index contributed by atoms with van der Waals surface area (Å²) in [6, 6.07) is 143. The number of fused-ring (bicyclic) bond motifs is 6. The lowest BCUT2D eigenvalue weighted by molar-refractivity contribution is 0.670. The van der Waals surface area contributed by atoms with Crippen molar-refractivity contribution in [1.29, 1.82) is 0 Å². The van der Waals surface area contributed by atoms with Crippen molar-refractivity contribution in [2.45, 2.75) is 0 Å². The molecule has 0 aliphatic heterocycles. The molecule has 18 aromatic rings. The smallest absolute Gasteiger partial charge is 0.143 e. The summed E-state index contributed by atoms with van der Waals surface area (Å²) in [5.74, 6) is 0. The number of benzene rings is 16. The molecule has 2 aromatic heterocycles. The van der Waals surface area contributed by atoms with Crippen LogP contribution in [0.5, 0.6) is 0 Å². The van der Waals surface area contributed by atoms with E-state index in [-0.39, 0.29) is 0 Å². The highest BCUT2D eigenvalue weighted by atomic mass is 32.1. The van der Waals surface area contributed by atoms with Crippen LogP contribution in [0.15, 0.2) is 405 Å². The van der Waals surface area contributed by atoms with E-state index in [9.17, 15) is 0 Å². The van der Waals surface area contributed by atoms with Crippen LogP contribution in [0, 0.1) is 0 Å². The molecule has 16 aromatic carbocycles. The minimum absolute atomic E-state index is 0.881. The van der Waals surface area contributed by atoms with Crippen molar-refractivity contribution in [2.24, 2.45) is 0 Å². The second-order valence-electron chi connectivity index (χ2n) is 25.1. The summed E-state index contributed by atoms with van der Waals surface area (Å²) in [6.07, 6.45) is 0. The van der Waals surface area contributed by atoms with Gasteiger partial charge in [0.05, 0.1) is 5.69 Å². The average Bonchev–Trinajstić information content (AvgIpc) is 1.52. The largest absolute Gasteiger partial charge is 0.455 e. The predicted molar refractivity (Wildman–Crippen MR) is 426 cm³/mol. The van der Waals surface area contributed by atoms with Gasteiger partial charge >= 0.3 is 0 Å². The van der Waals surface area contributed by atoms with E-state index < -0.39 is 0 Å². The van der Waals surface area contributed by atoms with Crippen LogP contribution in [-0.2, 0) is 0 Å². The summed E-state index contributed by atoms with van der Waals surface area (Å²) in [6.45, 7) is 0. The molecule has 2 heterocycles. The maximum Gasteiger partial charge on any atom is 0.143 e. The van der Waals surface area contributed by atoms with Crippen molar-refractivity contribution in [1.82, 2.24) is 0 Å². The first-order chi connectivity index (χ1) is 49.6. The number of furan rings is 1. The molecule has 0 spiro atoms. The molecule has 18 rings (SSSR count). The average molecular weight is 1300 g/mol. The van der Waals surface area contributed by atoms with Gasteiger partial charge in [-0.25, -0.2) is 0 Å². The molecular weight excluding hydrogens is 1230 g/mol. The Morgan fingerprint density at radius 1 is 0.200 bits per heavy atom. The first-order valence-corrected chi connectivity index (χ1v) is 34.8. The molecular formula is C96H66N2OS. The SMILES string of the molecule is c1ccc(-c2ccc(-c3cc(N(c4ccc(-c5ccccc5)cc4)c4cccc(-c5ccccc5)c4)cc4c3oc3ccccc34)cc2)cc1.c1ccc(-c2ccc(-c3cc(N(c4ccc(-c5ccccc5)cc4)c4ccccc4-c4ccccc4)cc4c3sc3ccccc34)cc2)cc1. The Bertz CT molecular complexity index is 5840. The zero-order chi connectivity index (χ0) is 66.6. The Kier molecular flexibility index (Phi) is 16.6. The molecule has 0 aliphatic rings. The number of hydrogen-bond acceptors (Lipinski definition) is 4. The third-order valence-electron chi connectivity index (χ3n) is 19.0. The lowest BCUT2D eigenvalue weighted by Crippen LogP contribution is -2.11. The first-order valence-electron chi connectivity index (χ1n) is 34.0. The number of nitrogens with zero attached hydrogens (tertiary/aromatic N) is 2. The van der Waals surface area contributed by atoms with Crippen LogP contribution in [-0.4, -0.2) is 0 Å². The molecule has 0 saturated heterocycles. The molecule has 100 heavy (non-hydrogen) atoms. The fourth-order valence-electron chi connectivity index (χ4n) is 14.0. The fourth-order valence-corrected chi connectivity index (χ4v) is 15.2. The lowest BCUT2D eigenvalue weighted by atomic mass is 9.97. The fraction of sp³-hybridized carbons (Fsp3) is 0. The van der Waals surface area contributed by atoms with Crippen molar-refractivity contribution >= 4 is 87.6 Å². The number of hydrogen-bond donors (Lipinski definition) is 0. The number of para-hydroxylation sites is 2. The van der Waals surface area contributed by atoms with Crippen molar-refractivity contribution in [3.63, 3.8) is 0 Å². The first kappa shape index (κ1) is 60.8. The quantitative estimate of drug-likeness (QED) is 0.108. The van der Waals surface area contributed by atoms with E-state index >= 15 is 0 Å². The van der Waals surface area contributed by atoms with Gasteiger partial charge in [-0.1, -0.05) is 322 Å². The maximum absolute atomic E-state index is 6.62. The Morgan fingerprint density at radius 2 is 0.570 bits per heavy atom. The Labute approximate surface area is 587 Å². The van der Waals surface area contributed by atoms with Gasteiger partial charge in [0, 0.05) is 76.1 Å². The van der Waals surface area contributed by atoms with E-state index in [2.05, 4.69) is 404 Å². The third-order valence-corrected chi connectivity index (χ3v) is 20.2. The molecule has 472 valence electrons. The molecule has 0 aliphatic carbocycles. The highest BCUT2D eigenvalue weighted by molar-refractivity contribution is 7.26. The van der Waals surface area contributed by atoms with Gasteiger partial charge in [-0.2, -0.15) is 0 Å². The van der Waals surface area contributed by atoms with Crippen LogP contribution >= 0.6 is 11.3 Å². The van der Waals surface area contributed by atoms with Crippen LogP contribution in [0.3, 0.4) is 0 Å². The highest BCUT2D eigenvalue weighted by Crippen LogP contribution is 2.49. The Balaban J connectivity index is 0.000000150. The topological polar surface area (TPSA) is 19.6 Å². The summed E-state index contributed by atoms with van der Waals surface area (Å²) >= 11 is 1.88. The van der Waals surface area contributed by atoms with Crippen molar-refractivity contribution in [2.75, 3.05) is 9.80 Å². The number of rotatable bonds is 14. The van der Waals surface area contributed by atoms with Gasteiger partial charge in [-0.3, -0.25) is 0 Å². The molecule has 0 unspecified atom stereocenters. The summed E-state index contributed by atoms with van der Waals surface area (Å²) in [5.41, 5.74) is 27.3. The number of thiophene rings is 1. The minimum atomic E-state index is 0.881. The zero-order valence-electron chi connectivity index (χ0n) is 54.8. The number of anilines is 6. The van der Waals surface area contributed by atoms with E-state index in [0.29, 0.717) is 0 Å². The van der Waals surface area contributed by atoms with E-state index in [0.717, 1.165) is 67.2 Å². The van der Waals surface area contributed by atoms with Crippen molar-refractivity contribution < 1.29 is 4.42 Å². The van der Waals surface area contributed by atoms with Gasteiger partial charge in [0.1, 0.15) is 11.2 Å². The predicted octanol–water partition coefficient (Wildman–Crippen LogP) is 27.9. The van der Waals surface area contributed by atoms with Crippen LogP contribution in [0.2, 0.25) is 0 Å². The molecule has 4 heteroatoms. The summed E-state index contributed by atoms with van der Waals surface area (Å²) < 4.78 is 9.22. The van der Waals surface area contributed by atoms with E-state index in [4.69, 9.17) is 4.42 Å². The maximum atomic E-state index is 6.62. The van der Waals surface area contributed by atoms with Crippen molar-refractivity contribution in [3.05, 3.63) is 400 Å². The molecule has 0 saturated carbocycles.